The quantitative estimate of drug-likeness (QED) is 0.164. The minimum absolute atomic E-state index is 0.0204. The van der Waals surface area contributed by atoms with Crippen LogP contribution in [-0.2, 0) is 29.1 Å². The molecule has 17 heteroatoms. The number of rotatable bonds is 8. The van der Waals surface area contributed by atoms with Crippen molar-refractivity contribution in [1.82, 2.24) is 30.2 Å². The monoisotopic (exact) mass is 872 g/mol. The Morgan fingerprint density at radius 2 is 1.72 bits per heavy atom. The van der Waals surface area contributed by atoms with E-state index in [1.165, 1.54) is 4.90 Å². The SMILES string of the molecule is CC1(S(=O)(=O)NC(=O)[C@@]23C[C@@H]2/C=C\CCCCC[C@H](NC(=O)OC2CCCC2)C(=O)N2C[C@H](Oc4nc(-c5ccc(Cl)cc5)nc5c4oc4ccccc45)C[C@H]2C(=O)N3)CC1. The summed E-state index contributed by atoms with van der Waals surface area (Å²) in [5.74, 6) is -1.99. The number of carbonyl (C=O) groups excluding carboxylic acids is 4. The third-order valence-electron chi connectivity index (χ3n) is 12.9. The van der Waals surface area contributed by atoms with Gasteiger partial charge in [-0.15, -0.1) is 0 Å². The van der Waals surface area contributed by atoms with E-state index in [2.05, 4.69) is 15.4 Å². The highest BCUT2D eigenvalue weighted by Crippen LogP contribution is 2.48. The van der Waals surface area contributed by atoms with Gasteiger partial charge in [0.05, 0.1) is 11.3 Å². The lowest BCUT2D eigenvalue weighted by Gasteiger charge is -2.30. The van der Waals surface area contributed by atoms with Crippen molar-refractivity contribution in [2.45, 2.75) is 125 Å². The Kier molecular flexibility index (Phi) is 11.0. The molecular weight excluding hydrogens is 824 g/mol. The number of alkyl carbamates (subject to hydrolysis) is 1. The van der Waals surface area contributed by atoms with Crippen LogP contribution in [0.2, 0.25) is 5.02 Å². The first-order chi connectivity index (χ1) is 29.3. The van der Waals surface area contributed by atoms with Crippen molar-refractivity contribution < 1.29 is 41.5 Å². The minimum Gasteiger partial charge on any atom is -0.470 e. The molecule has 322 valence electrons. The molecule has 5 aliphatic rings. The molecule has 1 saturated heterocycles. The van der Waals surface area contributed by atoms with E-state index < -0.39 is 68.2 Å². The predicted molar refractivity (Wildman–Crippen MR) is 226 cm³/mol. The van der Waals surface area contributed by atoms with Crippen LogP contribution < -0.4 is 20.1 Å². The number of sulfonamides is 1. The normalized spacial score (nSPS) is 27.3. The van der Waals surface area contributed by atoms with E-state index in [0.717, 1.165) is 43.9 Å². The average Bonchev–Trinajstić information content (AvgIpc) is 3.89. The molecule has 5 atom stereocenters. The van der Waals surface area contributed by atoms with Gasteiger partial charge in [-0.1, -0.05) is 48.7 Å². The van der Waals surface area contributed by atoms with E-state index in [1.807, 2.05) is 36.4 Å². The number of carbonyl (C=O) groups is 4. The molecule has 4 aromatic rings. The van der Waals surface area contributed by atoms with E-state index in [4.69, 9.17) is 35.5 Å². The standard InChI is InChI=1S/C44H49ClN6O9S/c1-43(21-22-43)61(56,57)50-41(54)44-24-27(44)11-5-3-2-4-6-15-32(46-42(55)59-29-12-7-8-13-29)40(53)51-25-30(23-33(51)38(52)49-44)58-39-36-35(31-14-9-10-16-34(31)60-36)47-37(48-39)26-17-19-28(45)20-18-26/h5,9-11,14,16-20,27,29-30,32-33H,2-4,6-8,12-13,15,21-25H2,1H3,(H,46,55)(H,49,52)(H,50,54)/b11-5-/t27-,30+,32-,33-,44+/m0/s1. The fourth-order valence-corrected chi connectivity index (χ4v) is 10.2. The molecule has 3 saturated carbocycles. The summed E-state index contributed by atoms with van der Waals surface area (Å²) in [4.78, 5) is 67.7. The molecule has 0 bridgehead atoms. The molecule has 2 aromatic carbocycles. The lowest BCUT2D eigenvalue weighted by molar-refractivity contribution is -0.141. The summed E-state index contributed by atoms with van der Waals surface area (Å²) in [6, 6.07) is 12.3. The lowest BCUT2D eigenvalue weighted by atomic mass is 10.0. The third-order valence-corrected chi connectivity index (χ3v) is 15.3. The van der Waals surface area contributed by atoms with Crippen LogP contribution in [0.1, 0.15) is 90.4 Å². The Labute approximate surface area is 358 Å². The number of para-hydroxylation sites is 1. The maximum absolute atomic E-state index is 14.8. The number of amides is 4. The van der Waals surface area contributed by atoms with E-state index in [9.17, 15) is 27.6 Å². The second kappa shape index (κ2) is 16.2. The topological polar surface area (TPSA) is 199 Å². The van der Waals surface area contributed by atoms with Crippen molar-refractivity contribution in [3.8, 4) is 17.3 Å². The van der Waals surface area contributed by atoms with Crippen LogP contribution in [0.5, 0.6) is 5.88 Å². The van der Waals surface area contributed by atoms with E-state index >= 15 is 0 Å². The molecule has 0 unspecified atom stereocenters. The van der Waals surface area contributed by atoms with Gasteiger partial charge in [-0.2, -0.15) is 4.98 Å². The highest BCUT2D eigenvalue weighted by atomic mass is 35.5. The van der Waals surface area contributed by atoms with Gasteiger partial charge >= 0.3 is 6.09 Å². The van der Waals surface area contributed by atoms with Crippen molar-refractivity contribution in [1.29, 1.82) is 0 Å². The molecule has 2 aliphatic heterocycles. The first-order valence-corrected chi connectivity index (χ1v) is 23.1. The zero-order valence-corrected chi connectivity index (χ0v) is 35.4. The fraction of sp³-hybridized carbons (Fsp3) is 0.500. The van der Waals surface area contributed by atoms with E-state index in [0.29, 0.717) is 59.6 Å². The van der Waals surface area contributed by atoms with Crippen LogP contribution in [0.15, 0.2) is 65.1 Å². The molecule has 4 heterocycles. The van der Waals surface area contributed by atoms with Gasteiger partial charge in [0.1, 0.15) is 40.9 Å². The summed E-state index contributed by atoms with van der Waals surface area (Å²) in [5, 5.41) is 7.01. The van der Waals surface area contributed by atoms with Crippen molar-refractivity contribution in [2.75, 3.05) is 6.54 Å². The number of benzene rings is 2. The lowest BCUT2D eigenvalue weighted by Crippen LogP contribution is -2.58. The average molecular weight is 873 g/mol. The van der Waals surface area contributed by atoms with Gasteiger partial charge in [-0.25, -0.2) is 18.2 Å². The highest BCUT2D eigenvalue weighted by molar-refractivity contribution is 7.91. The Bertz CT molecular complexity index is 2520. The number of nitrogens with zero attached hydrogens (tertiary/aromatic N) is 3. The van der Waals surface area contributed by atoms with Crippen molar-refractivity contribution in [3.05, 3.63) is 65.7 Å². The third kappa shape index (κ3) is 8.28. The van der Waals surface area contributed by atoms with Crippen molar-refractivity contribution in [2.24, 2.45) is 5.92 Å². The molecule has 3 N–H and O–H groups in total. The van der Waals surface area contributed by atoms with Crippen LogP contribution in [0.3, 0.4) is 0 Å². The highest BCUT2D eigenvalue weighted by Gasteiger charge is 2.63. The second-order valence-electron chi connectivity index (χ2n) is 17.3. The second-order valence-corrected chi connectivity index (χ2v) is 20.0. The van der Waals surface area contributed by atoms with Gasteiger partial charge in [0.25, 0.3) is 11.8 Å². The molecule has 3 aliphatic carbocycles. The number of fused-ring (bicyclic) bond motifs is 5. The number of halogens is 1. The smallest absolute Gasteiger partial charge is 0.408 e. The van der Waals surface area contributed by atoms with Gasteiger partial charge in [0.15, 0.2) is 5.82 Å². The zero-order chi connectivity index (χ0) is 42.5. The predicted octanol–water partition coefficient (Wildman–Crippen LogP) is 6.48. The summed E-state index contributed by atoms with van der Waals surface area (Å²) in [6.45, 7) is 1.51. The molecule has 0 spiro atoms. The first-order valence-electron chi connectivity index (χ1n) is 21.3. The maximum Gasteiger partial charge on any atom is 0.408 e. The van der Waals surface area contributed by atoms with Gasteiger partial charge < -0.3 is 29.4 Å². The zero-order valence-electron chi connectivity index (χ0n) is 33.9. The number of furan rings is 1. The fourth-order valence-electron chi connectivity index (χ4n) is 8.81. The summed E-state index contributed by atoms with van der Waals surface area (Å²) >= 11 is 6.20. The van der Waals surface area contributed by atoms with Gasteiger partial charge in [-0.05, 0) is 108 Å². The van der Waals surface area contributed by atoms with Crippen LogP contribution in [0, 0.1) is 5.92 Å². The molecule has 61 heavy (non-hydrogen) atoms. The summed E-state index contributed by atoms with van der Waals surface area (Å²) in [6.07, 6.45) is 9.67. The van der Waals surface area contributed by atoms with Crippen molar-refractivity contribution >= 4 is 67.5 Å². The summed E-state index contributed by atoms with van der Waals surface area (Å²) in [7, 11) is -4.02. The molecule has 2 aromatic heterocycles. The van der Waals surface area contributed by atoms with Gasteiger partial charge in [0.2, 0.25) is 27.4 Å². The van der Waals surface area contributed by atoms with E-state index in [-0.39, 0.29) is 37.0 Å². The Morgan fingerprint density at radius 3 is 2.49 bits per heavy atom. The van der Waals surface area contributed by atoms with Crippen LogP contribution >= 0.6 is 11.6 Å². The number of hydrogen-bond acceptors (Lipinski definition) is 11. The maximum atomic E-state index is 14.8. The van der Waals surface area contributed by atoms with Crippen LogP contribution in [0.25, 0.3) is 33.5 Å². The molecular formula is C44H49ClN6O9S. The van der Waals surface area contributed by atoms with Crippen LogP contribution in [-0.4, -0.2) is 88.2 Å². The Balaban J connectivity index is 1.05. The summed E-state index contributed by atoms with van der Waals surface area (Å²) < 4.78 is 46.4. The Hall–Kier alpha value is -5.22. The van der Waals surface area contributed by atoms with Crippen LogP contribution in [0.4, 0.5) is 4.79 Å². The molecule has 9 rings (SSSR count). The van der Waals surface area contributed by atoms with Gasteiger partial charge in [-0.3, -0.25) is 19.1 Å². The first kappa shape index (κ1) is 41.1. The Morgan fingerprint density at radius 1 is 0.967 bits per heavy atom. The van der Waals surface area contributed by atoms with E-state index in [1.54, 1.807) is 31.2 Å². The molecule has 15 nitrogen and oxygen atoms in total. The number of nitrogens with one attached hydrogen (secondary N) is 3. The number of ether oxygens (including phenoxy) is 2. The largest absolute Gasteiger partial charge is 0.470 e. The molecule has 0 radical (unpaired) electrons. The molecule has 4 amide bonds. The summed E-state index contributed by atoms with van der Waals surface area (Å²) in [5.41, 5.74) is 0.465. The number of aromatic nitrogens is 2. The van der Waals surface area contributed by atoms with Gasteiger partial charge in [0, 0.05) is 28.3 Å². The van der Waals surface area contributed by atoms with Crippen molar-refractivity contribution in [3.63, 3.8) is 0 Å². The number of allylic oxidation sites excluding steroid dienone is 1. The minimum atomic E-state index is -4.02. The molecule has 4 fully saturated rings. The number of hydrogen-bond donors (Lipinski definition) is 3.